The van der Waals surface area contributed by atoms with Crippen LogP contribution in [0.5, 0.6) is 0 Å². The van der Waals surface area contributed by atoms with Crippen LogP contribution in [0.3, 0.4) is 0 Å². The molecule has 1 saturated heterocycles. The Bertz CT molecular complexity index is 1130. The monoisotopic (exact) mass is 442 g/mol. The molecule has 0 spiro atoms. The van der Waals surface area contributed by atoms with E-state index in [1.54, 1.807) is 10.6 Å². The maximum atomic E-state index is 13.1. The van der Waals surface area contributed by atoms with Gasteiger partial charge < -0.3 is 14.2 Å². The normalized spacial score (nSPS) is 14.9. The number of hydrogen-bond acceptors (Lipinski definition) is 7. The fourth-order valence-electron chi connectivity index (χ4n) is 4.18. The van der Waals surface area contributed by atoms with E-state index in [9.17, 15) is 9.59 Å². The maximum Gasteiger partial charge on any atom is 0.354 e. The molecule has 3 aromatic rings. The number of amides is 1. The molecule has 4 heterocycles. The number of methoxy groups -OCH3 is 1. The molecule has 164 valence electrons. The first-order valence-electron chi connectivity index (χ1n) is 10.2. The largest absolute Gasteiger partial charge is 0.464 e. The number of hydrogen-bond donors (Lipinski definition) is 0. The van der Waals surface area contributed by atoms with Crippen molar-refractivity contribution in [1.29, 1.82) is 0 Å². The second-order valence-electron chi connectivity index (χ2n) is 7.65. The van der Waals surface area contributed by atoms with Crippen LogP contribution in [-0.2, 0) is 16.0 Å². The van der Waals surface area contributed by atoms with Crippen LogP contribution in [0.4, 0.5) is 0 Å². The predicted octanol–water partition coefficient (Wildman–Crippen LogP) is 2.46. The number of carbonyl (C=O) groups excluding carboxylic acids is 2. The third-order valence-corrected chi connectivity index (χ3v) is 6.46. The van der Waals surface area contributed by atoms with Gasteiger partial charge >= 0.3 is 5.97 Å². The highest BCUT2D eigenvalue weighted by molar-refractivity contribution is 7.98. The summed E-state index contributed by atoms with van der Waals surface area (Å²) >= 11 is 1.47. The highest BCUT2D eigenvalue weighted by atomic mass is 32.2. The zero-order valence-electron chi connectivity index (χ0n) is 18.2. The van der Waals surface area contributed by atoms with Crippen LogP contribution >= 0.6 is 11.8 Å². The number of carbonyl (C=O) groups is 2. The number of likely N-dealkylation sites (tertiary alicyclic amines) is 1. The highest BCUT2D eigenvalue weighted by Gasteiger charge is 2.27. The van der Waals surface area contributed by atoms with E-state index in [4.69, 9.17) is 4.74 Å². The molecule has 0 saturated carbocycles. The van der Waals surface area contributed by atoms with Crippen LogP contribution in [0.25, 0.3) is 5.78 Å². The third-order valence-electron chi connectivity index (χ3n) is 5.92. The average molecular weight is 443 g/mol. The van der Waals surface area contributed by atoms with Crippen LogP contribution in [-0.4, -0.2) is 67.4 Å². The third kappa shape index (κ3) is 4.04. The fourth-order valence-corrected chi connectivity index (χ4v) is 4.51. The lowest BCUT2D eigenvalue weighted by molar-refractivity contribution is -0.131. The Morgan fingerprint density at radius 3 is 2.65 bits per heavy atom. The molecule has 1 fully saturated rings. The van der Waals surface area contributed by atoms with E-state index in [2.05, 4.69) is 15.1 Å². The number of esters is 1. The molecular weight excluding hydrogens is 416 g/mol. The van der Waals surface area contributed by atoms with Crippen molar-refractivity contribution in [3.05, 3.63) is 41.0 Å². The first-order valence-corrected chi connectivity index (χ1v) is 11.4. The van der Waals surface area contributed by atoms with Crippen LogP contribution in [0.2, 0.25) is 0 Å². The number of piperidine rings is 1. The van der Waals surface area contributed by atoms with E-state index in [1.807, 2.05) is 41.8 Å². The van der Waals surface area contributed by atoms with Gasteiger partial charge in [-0.05, 0) is 45.1 Å². The number of aromatic nitrogens is 5. The minimum atomic E-state index is -0.338. The molecule has 31 heavy (non-hydrogen) atoms. The molecule has 10 heteroatoms. The van der Waals surface area contributed by atoms with Crippen molar-refractivity contribution in [3.63, 3.8) is 0 Å². The first-order chi connectivity index (χ1) is 14.9. The van der Waals surface area contributed by atoms with Crippen LogP contribution < -0.4 is 0 Å². The fraction of sp³-hybridized carbons (Fsp3) is 0.476. The predicted molar refractivity (Wildman–Crippen MR) is 116 cm³/mol. The van der Waals surface area contributed by atoms with Crippen LogP contribution in [0.1, 0.15) is 46.3 Å². The minimum Gasteiger partial charge on any atom is -0.464 e. The topological polar surface area (TPSA) is 94.6 Å². The Labute approximate surface area is 184 Å². The SMILES string of the molecule is COC(=O)c1cccn1C1CCN(C(=O)Cc2c(C)nc3nc(SC)nn3c2C)CC1. The van der Waals surface area contributed by atoms with Gasteiger partial charge in [0.05, 0.1) is 13.5 Å². The molecule has 0 aliphatic carbocycles. The zero-order valence-corrected chi connectivity index (χ0v) is 19.0. The van der Waals surface area contributed by atoms with Crippen LogP contribution in [0, 0.1) is 13.8 Å². The summed E-state index contributed by atoms with van der Waals surface area (Å²) in [6.45, 7) is 5.16. The van der Waals surface area contributed by atoms with E-state index in [0.29, 0.717) is 29.7 Å². The van der Waals surface area contributed by atoms with Gasteiger partial charge in [0.1, 0.15) is 5.69 Å². The smallest absolute Gasteiger partial charge is 0.354 e. The number of thioether (sulfide) groups is 1. The summed E-state index contributed by atoms with van der Waals surface area (Å²) in [7, 11) is 1.39. The van der Waals surface area contributed by atoms with E-state index in [0.717, 1.165) is 29.8 Å². The Morgan fingerprint density at radius 2 is 1.97 bits per heavy atom. The van der Waals surface area contributed by atoms with E-state index >= 15 is 0 Å². The van der Waals surface area contributed by atoms with Crippen molar-refractivity contribution in [3.8, 4) is 0 Å². The van der Waals surface area contributed by atoms with E-state index in [1.165, 1.54) is 18.9 Å². The lowest BCUT2D eigenvalue weighted by Crippen LogP contribution is -2.40. The lowest BCUT2D eigenvalue weighted by atomic mass is 10.0. The first kappa shape index (κ1) is 21.4. The molecule has 9 nitrogen and oxygen atoms in total. The minimum absolute atomic E-state index is 0.0803. The lowest BCUT2D eigenvalue weighted by Gasteiger charge is -2.33. The van der Waals surface area contributed by atoms with Crippen molar-refractivity contribution in [1.82, 2.24) is 29.0 Å². The molecule has 3 aromatic heterocycles. The van der Waals surface area contributed by atoms with Crippen molar-refractivity contribution in [2.24, 2.45) is 0 Å². The van der Waals surface area contributed by atoms with Crippen molar-refractivity contribution >= 4 is 29.4 Å². The molecule has 1 amide bonds. The van der Waals surface area contributed by atoms with Gasteiger partial charge in [0.25, 0.3) is 5.78 Å². The summed E-state index contributed by atoms with van der Waals surface area (Å²) < 4.78 is 8.55. The van der Waals surface area contributed by atoms with Gasteiger partial charge in [-0.3, -0.25) is 4.79 Å². The zero-order chi connectivity index (χ0) is 22.1. The molecular formula is C21H26N6O3S. The number of ether oxygens (including phenoxy) is 1. The number of nitrogens with zero attached hydrogens (tertiary/aromatic N) is 6. The molecule has 1 aliphatic rings. The summed E-state index contributed by atoms with van der Waals surface area (Å²) in [6.07, 6.45) is 5.70. The Balaban J connectivity index is 1.45. The molecule has 0 bridgehead atoms. The summed E-state index contributed by atoms with van der Waals surface area (Å²) in [5, 5.41) is 5.12. The molecule has 0 aromatic carbocycles. The van der Waals surface area contributed by atoms with Gasteiger partial charge in [0.2, 0.25) is 11.1 Å². The molecule has 1 aliphatic heterocycles. The summed E-state index contributed by atoms with van der Waals surface area (Å²) in [5.74, 6) is 0.302. The molecule has 0 unspecified atom stereocenters. The van der Waals surface area contributed by atoms with E-state index in [-0.39, 0.29) is 24.3 Å². The van der Waals surface area contributed by atoms with Crippen molar-refractivity contribution in [2.75, 3.05) is 26.5 Å². The van der Waals surface area contributed by atoms with E-state index < -0.39 is 0 Å². The number of rotatable bonds is 5. The number of aryl methyl sites for hydroxylation is 2. The molecule has 0 radical (unpaired) electrons. The Hall–Kier alpha value is -2.88. The van der Waals surface area contributed by atoms with Crippen molar-refractivity contribution < 1.29 is 14.3 Å². The van der Waals surface area contributed by atoms with Gasteiger partial charge in [0, 0.05) is 42.3 Å². The second kappa shape index (κ2) is 8.70. The standard InChI is InChI=1S/C21H26N6O3S/c1-13-16(14(2)27-20(22-13)23-21(24-27)31-4)12-18(28)25-10-7-15(8-11-25)26-9-5-6-17(26)19(29)30-3/h5-6,9,15H,7-8,10-12H2,1-4H3. The highest BCUT2D eigenvalue weighted by Crippen LogP contribution is 2.26. The van der Waals surface area contributed by atoms with Crippen molar-refractivity contribution in [2.45, 2.75) is 44.3 Å². The molecule has 4 rings (SSSR count). The summed E-state index contributed by atoms with van der Waals surface area (Å²) in [6, 6.07) is 3.80. The Kier molecular flexibility index (Phi) is 5.99. The molecule has 0 atom stereocenters. The Morgan fingerprint density at radius 1 is 1.23 bits per heavy atom. The van der Waals surface area contributed by atoms with Gasteiger partial charge in [0.15, 0.2) is 0 Å². The summed E-state index contributed by atoms with van der Waals surface area (Å²) in [4.78, 5) is 35.9. The quantitative estimate of drug-likeness (QED) is 0.442. The maximum absolute atomic E-state index is 13.1. The average Bonchev–Trinajstić information content (AvgIpc) is 3.43. The van der Waals surface area contributed by atoms with Crippen LogP contribution in [0.15, 0.2) is 23.5 Å². The second-order valence-corrected chi connectivity index (χ2v) is 8.43. The van der Waals surface area contributed by atoms with Gasteiger partial charge in [-0.25, -0.2) is 14.3 Å². The van der Waals surface area contributed by atoms with Gasteiger partial charge in [-0.15, -0.1) is 5.10 Å². The molecule has 0 N–H and O–H groups in total. The number of fused-ring (bicyclic) bond motifs is 1. The van der Waals surface area contributed by atoms with Gasteiger partial charge in [-0.1, -0.05) is 11.8 Å². The summed E-state index contributed by atoms with van der Waals surface area (Å²) in [5.41, 5.74) is 3.16. The van der Waals surface area contributed by atoms with Gasteiger partial charge in [-0.2, -0.15) is 4.98 Å².